The van der Waals surface area contributed by atoms with Crippen molar-refractivity contribution >= 4 is 0 Å². The molecular formula is C51H48N8. The number of rotatable bonds is 0. The topological polar surface area (TPSA) is 25.9 Å². The predicted molar refractivity (Wildman–Crippen MR) is 227 cm³/mol. The largest absolute Gasteiger partial charge is 0.264 e. The highest BCUT2D eigenvalue weighted by Gasteiger charge is 2.57. The molecule has 0 spiro atoms. The second kappa shape index (κ2) is 12.8. The van der Waals surface area contributed by atoms with Crippen molar-refractivity contribution in [1.82, 2.24) is 39.2 Å². The molecular weight excluding hydrogens is 725 g/mol. The molecule has 0 aliphatic carbocycles. The van der Waals surface area contributed by atoms with Crippen molar-refractivity contribution in [2.45, 2.75) is 56.3 Å². The third-order valence-corrected chi connectivity index (χ3v) is 14.8. The standard InChI is InChI=1S/C51H48N8/c1-13-40-14-2-34(1)25-35-3-15-41(16-4-35)47-54-28-52-30-56-48-42-17-5-36(6-18-42)26-37-7-19-43(20-8-37)49(56)57(48)31-53(29-55(47)46(40)54)33-59-50-44-21-9-38(10-22-44)27-39-11-23-45(24-12-39)51(59)58(50)32-52/h1-24,46-51H,25-33H2. The van der Waals surface area contributed by atoms with Gasteiger partial charge in [0, 0.05) is 0 Å². The van der Waals surface area contributed by atoms with Gasteiger partial charge < -0.3 is 0 Å². The van der Waals surface area contributed by atoms with Gasteiger partial charge in [0.2, 0.25) is 0 Å². The Balaban J connectivity index is 0.960. The van der Waals surface area contributed by atoms with Crippen molar-refractivity contribution in [3.63, 3.8) is 0 Å². The average molecular weight is 773 g/mol. The maximum absolute atomic E-state index is 2.81. The van der Waals surface area contributed by atoms with Crippen LogP contribution in [0.5, 0.6) is 0 Å². The quantitative estimate of drug-likeness (QED) is 0.153. The molecule has 0 radical (unpaired) electrons. The Labute approximate surface area is 346 Å². The van der Waals surface area contributed by atoms with Crippen LogP contribution in [0.15, 0.2) is 146 Å². The van der Waals surface area contributed by atoms with E-state index in [1.807, 2.05) is 0 Å². The lowest BCUT2D eigenvalue weighted by atomic mass is 9.92. The molecule has 26 bridgehead atoms. The van der Waals surface area contributed by atoms with Gasteiger partial charge in [-0.2, -0.15) is 0 Å². The third-order valence-electron chi connectivity index (χ3n) is 14.8. The fourth-order valence-corrected chi connectivity index (χ4v) is 12.2. The number of nitrogens with zero attached hydrogens (tertiary/aromatic N) is 8. The fraction of sp³-hybridized carbons (Fsp3) is 0.294. The molecule has 28 aliphatic rings. The maximum Gasteiger partial charge on any atom is 0.0937 e. The van der Waals surface area contributed by atoms with Gasteiger partial charge in [-0.25, -0.2) is 0 Å². The van der Waals surface area contributed by atoms with E-state index in [4.69, 9.17) is 0 Å². The summed E-state index contributed by atoms with van der Waals surface area (Å²) < 4.78 is 0. The van der Waals surface area contributed by atoms with Gasteiger partial charge in [0.05, 0.1) is 77.0 Å². The molecule has 0 amide bonds. The first-order chi connectivity index (χ1) is 29.1. The molecule has 0 unspecified atom stereocenters. The van der Waals surface area contributed by atoms with Gasteiger partial charge in [0.15, 0.2) is 0 Å². The second-order valence-electron chi connectivity index (χ2n) is 18.5. The summed E-state index contributed by atoms with van der Waals surface area (Å²) in [4.78, 5) is 22.4. The maximum atomic E-state index is 2.81. The monoisotopic (exact) mass is 772 g/mol. The van der Waals surface area contributed by atoms with Crippen LogP contribution in [0.3, 0.4) is 0 Å². The lowest BCUT2D eigenvalue weighted by molar-refractivity contribution is -0.304. The van der Waals surface area contributed by atoms with Gasteiger partial charge in [-0.1, -0.05) is 146 Å². The minimum atomic E-state index is 0.175. The Bertz CT molecular complexity index is 2070. The van der Waals surface area contributed by atoms with Crippen LogP contribution in [0.1, 0.15) is 104 Å². The van der Waals surface area contributed by atoms with Crippen LogP contribution in [0, 0.1) is 0 Å². The SMILES string of the molecule is c1cc2ccc1Cc1ccc(cc1)C1N3CN4CN5C6c7ccc(cc7)Cc7ccc(cc7)C5N6CN(CN1C23)CN1C2c3ccc(cc3)Cc3ccc(cc3)C1N2C4. The third kappa shape index (κ3) is 5.19. The molecule has 0 aromatic heterocycles. The second-order valence-corrected chi connectivity index (χ2v) is 18.5. The van der Waals surface area contributed by atoms with Gasteiger partial charge in [0.25, 0.3) is 0 Å². The molecule has 9 fully saturated rings. The summed E-state index contributed by atoms with van der Waals surface area (Å²) in [6.07, 6.45) is 3.98. The van der Waals surface area contributed by atoms with Crippen LogP contribution in [0.2, 0.25) is 0 Å². The van der Waals surface area contributed by atoms with E-state index in [-0.39, 0.29) is 37.0 Å². The molecule has 28 aliphatic heterocycles. The Kier molecular flexibility index (Phi) is 7.30. The van der Waals surface area contributed by atoms with Crippen LogP contribution >= 0.6 is 0 Å². The molecule has 59 heavy (non-hydrogen) atoms. The van der Waals surface area contributed by atoms with E-state index in [0.717, 1.165) is 59.3 Å². The minimum Gasteiger partial charge on any atom is -0.264 e. The van der Waals surface area contributed by atoms with Gasteiger partial charge in [0.1, 0.15) is 0 Å². The Hall–Kier alpha value is -5.00. The fourth-order valence-electron chi connectivity index (χ4n) is 12.2. The van der Waals surface area contributed by atoms with Crippen molar-refractivity contribution in [1.29, 1.82) is 0 Å². The molecule has 34 rings (SSSR count). The van der Waals surface area contributed by atoms with Crippen molar-refractivity contribution in [2.24, 2.45) is 0 Å². The molecule has 8 heteroatoms. The Morgan fingerprint density at radius 1 is 0.220 bits per heavy atom. The van der Waals surface area contributed by atoms with E-state index in [1.165, 1.54) is 66.8 Å². The van der Waals surface area contributed by atoms with E-state index in [9.17, 15) is 0 Å². The highest BCUT2D eigenvalue weighted by molar-refractivity contribution is 5.40. The molecule has 28 heterocycles. The summed E-state index contributed by atoms with van der Waals surface area (Å²) >= 11 is 0. The van der Waals surface area contributed by atoms with Crippen molar-refractivity contribution in [3.05, 3.63) is 212 Å². The summed E-state index contributed by atoms with van der Waals surface area (Å²) in [5, 5.41) is 0. The van der Waals surface area contributed by atoms with Gasteiger partial charge in [-0.05, 0) is 86.0 Å². The van der Waals surface area contributed by atoms with Gasteiger partial charge >= 0.3 is 0 Å². The molecule has 0 N–H and O–H groups in total. The molecule has 292 valence electrons. The van der Waals surface area contributed by atoms with Crippen molar-refractivity contribution in [2.75, 3.05) is 40.0 Å². The molecule has 0 saturated carbocycles. The van der Waals surface area contributed by atoms with Crippen LogP contribution < -0.4 is 0 Å². The van der Waals surface area contributed by atoms with E-state index in [1.54, 1.807) is 0 Å². The summed E-state index contributed by atoms with van der Waals surface area (Å²) in [6.45, 7) is 5.07. The van der Waals surface area contributed by atoms with Gasteiger partial charge in [-0.15, -0.1) is 0 Å². The highest BCUT2D eigenvalue weighted by atomic mass is 15.7. The number of benzene rings is 6. The summed E-state index contributed by atoms with van der Waals surface area (Å²) in [5.74, 6) is 0. The molecule has 6 aromatic rings. The van der Waals surface area contributed by atoms with E-state index >= 15 is 0 Å². The van der Waals surface area contributed by atoms with Crippen molar-refractivity contribution < 1.29 is 0 Å². The Morgan fingerprint density at radius 3 is 0.525 bits per heavy atom. The molecule has 8 nitrogen and oxygen atoms in total. The lowest BCUT2D eigenvalue weighted by Gasteiger charge is -2.67. The summed E-state index contributed by atoms with van der Waals surface area (Å²) in [6, 6.07) is 57.4. The van der Waals surface area contributed by atoms with Crippen LogP contribution in [0.4, 0.5) is 0 Å². The minimum absolute atomic E-state index is 0.175. The van der Waals surface area contributed by atoms with E-state index in [0.29, 0.717) is 0 Å². The number of hydrogen-bond acceptors (Lipinski definition) is 8. The van der Waals surface area contributed by atoms with E-state index in [2.05, 4.69) is 185 Å². The summed E-state index contributed by atoms with van der Waals surface area (Å²) in [5.41, 5.74) is 16.6. The first-order valence-corrected chi connectivity index (χ1v) is 21.7. The smallest absolute Gasteiger partial charge is 0.0937 e. The molecule has 6 aromatic carbocycles. The molecule has 0 atom stereocenters. The van der Waals surface area contributed by atoms with Gasteiger partial charge in [-0.3, -0.25) is 39.2 Å². The van der Waals surface area contributed by atoms with Crippen molar-refractivity contribution in [3.8, 4) is 0 Å². The van der Waals surface area contributed by atoms with E-state index < -0.39 is 0 Å². The zero-order valence-corrected chi connectivity index (χ0v) is 33.3. The first kappa shape index (κ1) is 33.8. The van der Waals surface area contributed by atoms with Crippen LogP contribution in [-0.2, 0) is 19.3 Å². The number of hydrogen-bond donors (Lipinski definition) is 0. The zero-order chi connectivity index (χ0) is 38.3. The molecule has 9 saturated heterocycles. The zero-order valence-electron chi connectivity index (χ0n) is 33.3. The first-order valence-electron chi connectivity index (χ1n) is 21.7. The lowest BCUT2D eigenvalue weighted by Crippen LogP contribution is -2.74. The average Bonchev–Trinajstić information content (AvgIpc) is 3.21. The Morgan fingerprint density at radius 2 is 0.373 bits per heavy atom. The van der Waals surface area contributed by atoms with Crippen LogP contribution in [0.25, 0.3) is 0 Å². The highest BCUT2D eigenvalue weighted by Crippen LogP contribution is 2.55. The predicted octanol–water partition coefficient (Wildman–Crippen LogP) is 8.12. The summed E-state index contributed by atoms with van der Waals surface area (Å²) in [7, 11) is 0. The normalized spacial score (nSPS) is 36.2. The van der Waals surface area contributed by atoms with Crippen LogP contribution in [-0.4, -0.2) is 79.2 Å².